The summed E-state index contributed by atoms with van der Waals surface area (Å²) in [4.78, 5) is 17.3. The Morgan fingerprint density at radius 1 is 0.978 bits per heavy atom. The Bertz CT molecular complexity index is 1540. The Morgan fingerprint density at radius 3 is 2.44 bits per heavy atom. The summed E-state index contributed by atoms with van der Waals surface area (Å²) in [7, 11) is 0. The van der Waals surface area contributed by atoms with Crippen molar-refractivity contribution in [1.29, 1.82) is 0 Å². The number of anilines is 2. The lowest BCUT2D eigenvalue weighted by Gasteiger charge is -2.41. The van der Waals surface area contributed by atoms with Gasteiger partial charge < -0.3 is 60.2 Å². The summed E-state index contributed by atoms with van der Waals surface area (Å²) in [6.07, 6.45) is -9.59. The smallest absolute Gasteiger partial charge is 0.247 e. The number of carbonyl (C=O) groups excluding carboxylic acids is 1. The van der Waals surface area contributed by atoms with Gasteiger partial charge in [0, 0.05) is 16.6 Å². The summed E-state index contributed by atoms with van der Waals surface area (Å²) in [5.74, 6) is -0.986. The number of carbonyl (C=O) groups is 1. The largest absolute Gasteiger partial charge is 0.504 e. The van der Waals surface area contributed by atoms with E-state index in [1.54, 1.807) is 11.4 Å². The van der Waals surface area contributed by atoms with E-state index in [4.69, 9.17) is 18.9 Å². The third kappa shape index (κ3) is 6.40. The van der Waals surface area contributed by atoms with Crippen LogP contribution in [0.2, 0.25) is 0 Å². The number of phenolic OH excluding ortho intramolecular Hbond substituents is 1. The van der Waals surface area contributed by atoms with Crippen LogP contribution < -0.4 is 15.4 Å². The second-order valence-electron chi connectivity index (χ2n) is 11.0. The highest BCUT2D eigenvalue weighted by Crippen LogP contribution is 2.38. The number of aromatic hydroxyl groups is 1. The van der Waals surface area contributed by atoms with Crippen molar-refractivity contribution < 1.29 is 54.4 Å². The molecule has 0 bridgehead atoms. The molecule has 1 aliphatic carbocycles. The second kappa shape index (κ2) is 13.0. The highest BCUT2D eigenvalue weighted by Gasteiger charge is 2.53. The predicted octanol–water partition coefficient (Wildman–Crippen LogP) is 0.516. The van der Waals surface area contributed by atoms with Crippen LogP contribution in [-0.2, 0) is 19.0 Å². The molecule has 14 nitrogen and oxygen atoms in total. The molecule has 6 rings (SSSR count). The lowest BCUT2D eigenvalue weighted by atomic mass is 9.83. The van der Waals surface area contributed by atoms with Gasteiger partial charge in [0.1, 0.15) is 55.6 Å². The van der Waals surface area contributed by atoms with Crippen molar-refractivity contribution in [1.82, 2.24) is 10.3 Å². The number of thiazole rings is 1. The van der Waals surface area contributed by atoms with Crippen LogP contribution in [0.3, 0.4) is 0 Å². The van der Waals surface area contributed by atoms with Crippen LogP contribution in [-0.4, -0.2) is 103 Å². The molecule has 2 aromatic carbocycles. The van der Waals surface area contributed by atoms with Crippen molar-refractivity contribution in [3.63, 3.8) is 0 Å². The number of aliphatic hydroxyl groups is 5. The van der Waals surface area contributed by atoms with Gasteiger partial charge in [-0.05, 0) is 42.8 Å². The van der Waals surface area contributed by atoms with E-state index in [-0.39, 0.29) is 23.9 Å². The van der Waals surface area contributed by atoms with Crippen molar-refractivity contribution in [2.45, 2.75) is 68.1 Å². The first-order valence-electron chi connectivity index (χ1n) is 14.2. The van der Waals surface area contributed by atoms with E-state index in [0.29, 0.717) is 16.4 Å². The number of aliphatic hydroxyl groups excluding tert-OH is 5. The normalized spacial score (nSPS) is 33.1. The zero-order valence-corrected chi connectivity index (χ0v) is 24.7. The number of nitrogens with zero attached hydrogens (tertiary/aromatic N) is 1. The summed E-state index contributed by atoms with van der Waals surface area (Å²) in [6.45, 7) is 1.35. The van der Waals surface area contributed by atoms with Crippen LogP contribution in [0.25, 0.3) is 6.08 Å². The molecule has 0 spiro atoms. The van der Waals surface area contributed by atoms with Crippen LogP contribution in [0, 0.1) is 0 Å². The summed E-state index contributed by atoms with van der Waals surface area (Å²) in [6, 6.07) is 12.5. The molecule has 0 unspecified atom stereocenters. The molecule has 2 aliphatic heterocycles. The molecular formula is C30H33N3O11S. The maximum absolute atomic E-state index is 12.9. The molecule has 15 heteroatoms. The van der Waals surface area contributed by atoms with Crippen molar-refractivity contribution in [3.05, 3.63) is 70.7 Å². The van der Waals surface area contributed by atoms with Crippen LogP contribution in [0.4, 0.5) is 10.8 Å². The van der Waals surface area contributed by atoms with Crippen molar-refractivity contribution in [3.8, 4) is 11.5 Å². The van der Waals surface area contributed by atoms with Gasteiger partial charge in [-0.15, -0.1) is 11.3 Å². The van der Waals surface area contributed by atoms with E-state index in [9.17, 15) is 35.4 Å². The Morgan fingerprint density at radius 2 is 1.71 bits per heavy atom. The number of benzene rings is 2. The molecule has 1 amide bonds. The number of phenols is 1. The molecule has 3 fully saturated rings. The number of para-hydroxylation sites is 1. The topological polar surface area (TPSA) is 212 Å². The molecule has 10 atom stereocenters. The molecule has 3 heterocycles. The minimum Gasteiger partial charge on any atom is -0.504 e. The molecule has 2 saturated heterocycles. The first-order chi connectivity index (χ1) is 21.6. The predicted molar refractivity (Wildman–Crippen MR) is 158 cm³/mol. The standard InChI is InChI=1S/C30H33N3O11S/c1-13(28(40)33-19-20(35)22(37)27-26(21(19)36)41-12-42-27)9-14-7-8-18(17(34)10-14)43-29-24(39)23(38)25(44-29)16-11-45-30(32-16)31-15-5-3-2-4-6-15/h2-11,19-27,29,34-39H,12H2,1H3,(H,31,32)(H,33,40)/b13-9+/t19-,20+,21-,22-,23+,24+,25-,26+,27-,29-/m1/s1. The lowest BCUT2D eigenvalue weighted by molar-refractivity contribution is -0.155. The first-order valence-corrected chi connectivity index (χ1v) is 15.0. The third-order valence-corrected chi connectivity index (χ3v) is 8.70. The van der Waals surface area contributed by atoms with E-state index in [0.717, 1.165) is 5.69 Å². The number of amides is 1. The van der Waals surface area contributed by atoms with Gasteiger partial charge in [-0.3, -0.25) is 4.79 Å². The van der Waals surface area contributed by atoms with Gasteiger partial charge >= 0.3 is 0 Å². The Balaban J connectivity index is 1.08. The first kappa shape index (κ1) is 31.3. The van der Waals surface area contributed by atoms with Gasteiger partial charge in [0.15, 0.2) is 16.6 Å². The number of rotatable bonds is 8. The number of nitrogens with one attached hydrogen (secondary N) is 2. The SMILES string of the molecule is C/C(=C\c1ccc(O[C@@H]2O[C@H](c3csc(Nc4ccccc4)n3)[C@@H](O)[C@@H]2O)c(O)c1)C(=O)N[C@@H]1[C@H](O)[C@@H](O)[C@H]2OCO[C@H]2[C@@H]1O. The molecule has 3 aromatic rings. The fourth-order valence-electron chi connectivity index (χ4n) is 5.49. The quantitative estimate of drug-likeness (QED) is 0.158. The average molecular weight is 644 g/mol. The Kier molecular flexibility index (Phi) is 9.05. The summed E-state index contributed by atoms with van der Waals surface area (Å²) in [5.41, 5.74) is 1.83. The van der Waals surface area contributed by atoms with Gasteiger partial charge in [0.05, 0.1) is 11.7 Å². The lowest BCUT2D eigenvalue weighted by Crippen LogP contribution is -2.67. The van der Waals surface area contributed by atoms with Crippen LogP contribution in [0.15, 0.2) is 59.5 Å². The molecule has 1 saturated carbocycles. The fraction of sp³-hybridized carbons (Fsp3) is 0.400. The maximum Gasteiger partial charge on any atom is 0.247 e. The van der Waals surface area contributed by atoms with Gasteiger partial charge in [-0.2, -0.15) is 0 Å². The molecule has 3 aliphatic rings. The van der Waals surface area contributed by atoms with E-state index in [1.165, 1.54) is 36.5 Å². The van der Waals surface area contributed by atoms with E-state index < -0.39 is 67.1 Å². The highest BCUT2D eigenvalue weighted by atomic mass is 32.1. The Labute approximate surface area is 261 Å². The zero-order chi connectivity index (χ0) is 31.8. The number of fused-ring (bicyclic) bond motifs is 1. The van der Waals surface area contributed by atoms with Crippen LogP contribution in [0.5, 0.6) is 11.5 Å². The maximum atomic E-state index is 12.9. The monoisotopic (exact) mass is 643 g/mol. The van der Waals surface area contributed by atoms with Crippen molar-refractivity contribution >= 4 is 34.1 Å². The fourth-order valence-corrected chi connectivity index (χ4v) is 6.25. The van der Waals surface area contributed by atoms with E-state index in [1.807, 2.05) is 30.3 Å². The minimum absolute atomic E-state index is 0.0355. The number of ether oxygens (including phenoxy) is 4. The summed E-state index contributed by atoms with van der Waals surface area (Å²) in [5, 5.41) is 71.3. The zero-order valence-electron chi connectivity index (χ0n) is 23.8. The van der Waals surface area contributed by atoms with Crippen molar-refractivity contribution in [2.75, 3.05) is 12.1 Å². The molecular weight excluding hydrogens is 610 g/mol. The van der Waals surface area contributed by atoms with Crippen LogP contribution in [0.1, 0.15) is 24.3 Å². The highest BCUT2D eigenvalue weighted by molar-refractivity contribution is 7.13. The minimum atomic E-state index is -1.49. The van der Waals surface area contributed by atoms with Gasteiger partial charge in [-0.25, -0.2) is 4.98 Å². The molecule has 240 valence electrons. The van der Waals surface area contributed by atoms with E-state index in [2.05, 4.69) is 15.6 Å². The molecule has 45 heavy (non-hydrogen) atoms. The third-order valence-electron chi connectivity index (χ3n) is 7.93. The Hall–Kier alpha value is -3.64. The average Bonchev–Trinajstić information content (AvgIpc) is 3.77. The van der Waals surface area contributed by atoms with Gasteiger partial charge in [-0.1, -0.05) is 24.3 Å². The molecule has 8 N–H and O–H groups in total. The van der Waals surface area contributed by atoms with Crippen LogP contribution >= 0.6 is 11.3 Å². The summed E-state index contributed by atoms with van der Waals surface area (Å²) >= 11 is 1.31. The summed E-state index contributed by atoms with van der Waals surface area (Å²) < 4.78 is 22.0. The van der Waals surface area contributed by atoms with Crippen molar-refractivity contribution in [2.24, 2.45) is 0 Å². The molecule has 1 aromatic heterocycles. The van der Waals surface area contributed by atoms with Gasteiger partial charge in [0.2, 0.25) is 12.2 Å². The molecule has 0 radical (unpaired) electrons. The van der Waals surface area contributed by atoms with Gasteiger partial charge in [0.25, 0.3) is 0 Å². The second-order valence-corrected chi connectivity index (χ2v) is 11.9. The number of aromatic nitrogens is 1. The number of hydrogen-bond donors (Lipinski definition) is 8. The number of hydrogen-bond acceptors (Lipinski definition) is 14. The van der Waals surface area contributed by atoms with E-state index >= 15 is 0 Å².